The molecule has 0 aliphatic carbocycles. The Hall–Kier alpha value is -1.06. The minimum absolute atomic E-state index is 0.326. The summed E-state index contributed by atoms with van der Waals surface area (Å²) in [7, 11) is 2.18. The fourth-order valence-corrected chi connectivity index (χ4v) is 2.88. The van der Waals surface area contributed by atoms with Crippen LogP contribution in [-0.2, 0) is 0 Å². The van der Waals surface area contributed by atoms with Gasteiger partial charge in [-0.1, -0.05) is 18.6 Å². The van der Waals surface area contributed by atoms with Crippen LogP contribution in [0.1, 0.15) is 30.7 Å². The number of rotatable bonds is 3. The number of hydrogen-bond acceptors (Lipinski definition) is 3. The number of aromatic hydroxyl groups is 1. The van der Waals surface area contributed by atoms with Crippen molar-refractivity contribution >= 4 is 0 Å². The van der Waals surface area contributed by atoms with E-state index in [9.17, 15) is 5.11 Å². The molecule has 1 aliphatic heterocycles. The van der Waals surface area contributed by atoms with Crippen LogP contribution in [0, 0.1) is 0 Å². The van der Waals surface area contributed by atoms with E-state index in [-0.39, 0.29) is 0 Å². The molecular weight excluding hydrogens is 212 g/mol. The summed E-state index contributed by atoms with van der Waals surface area (Å²) >= 11 is 0. The number of hydrogen-bond donors (Lipinski definition) is 2. The normalized spacial score (nSPS) is 23.5. The van der Waals surface area contributed by atoms with Crippen molar-refractivity contribution in [3.63, 3.8) is 0 Å². The summed E-state index contributed by atoms with van der Waals surface area (Å²) in [4.78, 5) is 2.41. The molecular formula is C14H22N2O. The molecule has 0 saturated carbocycles. The van der Waals surface area contributed by atoms with Gasteiger partial charge in [-0.2, -0.15) is 0 Å². The first kappa shape index (κ1) is 12.4. The topological polar surface area (TPSA) is 49.5 Å². The Labute approximate surface area is 103 Å². The smallest absolute Gasteiger partial charge is 0.115 e. The molecule has 1 saturated heterocycles. The Morgan fingerprint density at radius 3 is 2.94 bits per heavy atom. The van der Waals surface area contributed by atoms with Crippen molar-refractivity contribution in [1.82, 2.24) is 4.90 Å². The number of nitrogens with zero attached hydrogens (tertiary/aromatic N) is 1. The minimum atomic E-state index is 0.326. The number of benzene rings is 1. The Morgan fingerprint density at radius 2 is 2.29 bits per heavy atom. The van der Waals surface area contributed by atoms with Crippen LogP contribution in [0.2, 0.25) is 0 Å². The highest BCUT2D eigenvalue weighted by atomic mass is 16.3. The van der Waals surface area contributed by atoms with Gasteiger partial charge in [0.25, 0.3) is 0 Å². The standard InChI is InChI=1S/C14H22N2O/c1-16-8-3-2-7-14(16)13(10-15)11-5-4-6-12(17)9-11/h4-6,9,13-14,17H,2-3,7-8,10,15H2,1H3. The first-order valence-corrected chi connectivity index (χ1v) is 6.41. The van der Waals surface area contributed by atoms with Crippen molar-refractivity contribution in [3.05, 3.63) is 29.8 Å². The summed E-state index contributed by atoms with van der Waals surface area (Å²) in [6.45, 7) is 1.79. The SMILES string of the molecule is CN1CCCCC1C(CN)c1cccc(O)c1. The van der Waals surface area contributed by atoms with Crippen LogP contribution in [-0.4, -0.2) is 36.2 Å². The molecule has 17 heavy (non-hydrogen) atoms. The van der Waals surface area contributed by atoms with Crippen LogP contribution in [0.3, 0.4) is 0 Å². The van der Waals surface area contributed by atoms with Crippen molar-refractivity contribution in [3.8, 4) is 5.75 Å². The zero-order valence-electron chi connectivity index (χ0n) is 10.5. The maximum Gasteiger partial charge on any atom is 0.115 e. The quantitative estimate of drug-likeness (QED) is 0.840. The van der Waals surface area contributed by atoms with Gasteiger partial charge >= 0.3 is 0 Å². The van der Waals surface area contributed by atoms with Gasteiger partial charge in [0.05, 0.1) is 0 Å². The van der Waals surface area contributed by atoms with Crippen molar-refractivity contribution in [2.24, 2.45) is 5.73 Å². The number of likely N-dealkylation sites (tertiary alicyclic amines) is 1. The summed E-state index contributed by atoms with van der Waals surface area (Å²) in [6.07, 6.45) is 3.77. The van der Waals surface area contributed by atoms with Gasteiger partial charge in [-0.3, -0.25) is 0 Å². The van der Waals surface area contributed by atoms with E-state index >= 15 is 0 Å². The van der Waals surface area contributed by atoms with Crippen LogP contribution in [0.25, 0.3) is 0 Å². The molecule has 0 spiro atoms. The lowest BCUT2D eigenvalue weighted by atomic mass is 9.85. The Morgan fingerprint density at radius 1 is 1.47 bits per heavy atom. The van der Waals surface area contributed by atoms with Gasteiger partial charge in [0.2, 0.25) is 0 Å². The predicted molar refractivity (Wildman–Crippen MR) is 70.2 cm³/mol. The van der Waals surface area contributed by atoms with Gasteiger partial charge in [-0.25, -0.2) is 0 Å². The maximum atomic E-state index is 9.57. The molecule has 0 radical (unpaired) electrons. The van der Waals surface area contributed by atoms with E-state index < -0.39 is 0 Å². The van der Waals surface area contributed by atoms with Gasteiger partial charge in [-0.15, -0.1) is 0 Å². The average Bonchev–Trinajstić information content (AvgIpc) is 2.33. The largest absolute Gasteiger partial charge is 0.508 e. The molecule has 3 nitrogen and oxygen atoms in total. The lowest BCUT2D eigenvalue weighted by Gasteiger charge is -2.38. The number of piperidine rings is 1. The molecule has 1 fully saturated rings. The minimum Gasteiger partial charge on any atom is -0.508 e. The summed E-state index contributed by atoms with van der Waals surface area (Å²) in [5.74, 6) is 0.659. The monoisotopic (exact) mass is 234 g/mol. The zero-order chi connectivity index (χ0) is 12.3. The molecule has 1 aliphatic rings. The molecule has 94 valence electrons. The van der Waals surface area contributed by atoms with E-state index in [1.54, 1.807) is 6.07 Å². The molecule has 2 rings (SSSR count). The number of nitrogens with two attached hydrogens (primary N) is 1. The molecule has 3 N–H and O–H groups in total. The molecule has 1 aromatic rings. The zero-order valence-corrected chi connectivity index (χ0v) is 10.5. The molecule has 2 atom stereocenters. The van der Waals surface area contributed by atoms with E-state index in [0.29, 0.717) is 24.3 Å². The Balaban J connectivity index is 2.20. The molecule has 1 heterocycles. The highest BCUT2D eigenvalue weighted by molar-refractivity contribution is 5.31. The van der Waals surface area contributed by atoms with Crippen LogP contribution in [0.4, 0.5) is 0 Å². The first-order chi connectivity index (χ1) is 8.22. The molecule has 2 unspecified atom stereocenters. The Bertz CT molecular complexity index is 367. The van der Waals surface area contributed by atoms with Crippen molar-refractivity contribution in [2.75, 3.05) is 20.1 Å². The molecule has 1 aromatic carbocycles. The van der Waals surface area contributed by atoms with E-state index in [1.165, 1.54) is 19.3 Å². The van der Waals surface area contributed by atoms with Crippen molar-refractivity contribution in [2.45, 2.75) is 31.2 Å². The molecule has 0 bridgehead atoms. The van der Waals surface area contributed by atoms with E-state index in [0.717, 1.165) is 12.1 Å². The lowest BCUT2D eigenvalue weighted by Crippen LogP contribution is -2.42. The van der Waals surface area contributed by atoms with E-state index in [1.807, 2.05) is 12.1 Å². The van der Waals surface area contributed by atoms with Crippen LogP contribution >= 0.6 is 0 Å². The summed E-state index contributed by atoms with van der Waals surface area (Å²) in [6, 6.07) is 8.04. The highest BCUT2D eigenvalue weighted by Crippen LogP contribution is 2.30. The lowest BCUT2D eigenvalue weighted by molar-refractivity contribution is 0.160. The summed E-state index contributed by atoms with van der Waals surface area (Å²) < 4.78 is 0. The van der Waals surface area contributed by atoms with Gasteiger partial charge < -0.3 is 15.7 Å². The Kier molecular flexibility index (Phi) is 4.02. The fraction of sp³-hybridized carbons (Fsp3) is 0.571. The molecule has 0 amide bonds. The summed E-state index contributed by atoms with van der Waals surface area (Å²) in [5.41, 5.74) is 7.10. The number of phenols is 1. The maximum absolute atomic E-state index is 9.57. The molecule has 3 heteroatoms. The number of likely N-dealkylation sites (N-methyl/N-ethyl adjacent to an activating group) is 1. The van der Waals surface area contributed by atoms with Gasteiger partial charge in [-0.05, 0) is 44.1 Å². The average molecular weight is 234 g/mol. The van der Waals surface area contributed by atoms with Gasteiger partial charge in [0.1, 0.15) is 5.75 Å². The second-order valence-corrected chi connectivity index (χ2v) is 4.98. The second kappa shape index (κ2) is 5.52. The number of phenolic OH excluding ortho intramolecular Hbond substituents is 1. The fourth-order valence-electron chi connectivity index (χ4n) is 2.88. The highest BCUT2D eigenvalue weighted by Gasteiger charge is 2.27. The van der Waals surface area contributed by atoms with Crippen LogP contribution < -0.4 is 5.73 Å². The predicted octanol–water partition coefficient (Wildman–Crippen LogP) is 1.92. The molecule has 0 aromatic heterocycles. The van der Waals surface area contributed by atoms with E-state index in [2.05, 4.69) is 18.0 Å². The van der Waals surface area contributed by atoms with Crippen molar-refractivity contribution < 1.29 is 5.11 Å². The second-order valence-electron chi connectivity index (χ2n) is 4.98. The van der Waals surface area contributed by atoms with Crippen molar-refractivity contribution in [1.29, 1.82) is 0 Å². The summed E-state index contributed by atoms with van der Waals surface area (Å²) in [5, 5.41) is 9.57. The third kappa shape index (κ3) is 2.79. The van der Waals surface area contributed by atoms with E-state index in [4.69, 9.17) is 5.73 Å². The van der Waals surface area contributed by atoms with Crippen LogP contribution in [0.15, 0.2) is 24.3 Å². The van der Waals surface area contributed by atoms with Crippen LogP contribution in [0.5, 0.6) is 5.75 Å². The third-order valence-corrected chi connectivity index (χ3v) is 3.84. The van der Waals surface area contributed by atoms with Gasteiger partial charge in [0.15, 0.2) is 0 Å². The van der Waals surface area contributed by atoms with Gasteiger partial charge in [0, 0.05) is 18.5 Å². The first-order valence-electron chi connectivity index (χ1n) is 6.41. The third-order valence-electron chi connectivity index (χ3n) is 3.84.